The minimum absolute atomic E-state index is 0.185. The summed E-state index contributed by atoms with van der Waals surface area (Å²) in [5.74, 6) is -1.000. The van der Waals surface area contributed by atoms with Gasteiger partial charge in [0.25, 0.3) is 5.91 Å². The molecular formula is C18H21F2NO3S. The van der Waals surface area contributed by atoms with Gasteiger partial charge in [0.2, 0.25) is 9.84 Å². The molecule has 1 aromatic rings. The van der Waals surface area contributed by atoms with Crippen molar-refractivity contribution in [2.45, 2.75) is 48.8 Å². The van der Waals surface area contributed by atoms with Crippen LogP contribution in [0.3, 0.4) is 0 Å². The summed E-state index contributed by atoms with van der Waals surface area (Å²) < 4.78 is 48.0. The lowest BCUT2D eigenvalue weighted by atomic mass is 9.54. The minimum Gasteiger partial charge on any atom is -0.349 e. The molecule has 0 spiro atoms. The van der Waals surface area contributed by atoms with E-state index in [0.29, 0.717) is 17.4 Å². The van der Waals surface area contributed by atoms with Gasteiger partial charge in [-0.25, -0.2) is 8.42 Å². The van der Waals surface area contributed by atoms with Crippen LogP contribution in [0.5, 0.6) is 0 Å². The normalized spacial score (nSPS) is 33.6. The van der Waals surface area contributed by atoms with Crippen LogP contribution in [0.1, 0.15) is 42.5 Å². The fourth-order valence-electron chi connectivity index (χ4n) is 5.29. The maximum Gasteiger partial charge on any atom is 0.341 e. The number of halogens is 2. The van der Waals surface area contributed by atoms with Crippen LogP contribution in [0.4, 0.5) is 8.78 Å². The molecule has 4 saturated carbocycles. The Hall–Kier alpha value is -1.50. The van der Waals surface area contributed by atoms with Crippen LogP contribution in [0, 0.1) is 23.7 Å². The first-order chi connectivity index (χ1) is 11.8. The summed E-state index contributed by atoms with van der Waals surface area (Å²) >= 11 is 0. The summed E-state index contributed by atoms with van der Waals surface area (Å²) in [5, 5.41) is 3.12. The van der Waals surface area contributed by atoms with Crippen molar-refractivity contribution in [2.75, 3.05) is 0 Å². The summed E-state index contributed by atoms with van der Waals surface area (Å²) in [7, 11) is -4.63. The molecule has 0 atom stereocenters. The molecule has 1 aromatic carbocycles. The summed E-state index contributed by atoms with van der Waals surface area (Å²) in [6, 6.07) is 4.95. The number of nitrogens with one attached hydrogen (secondary N) is 1. The second kappa shape index (κ2) is 6.04. The predicted octanol–water partition coefficient (Wildman–Crippen LogP) is 3.24. The number of carbonyl (C=O) groups excluding carboxylic acids is 1. The van der Waals surface area contributed by atoms with Crippen LogP contribution in [-0.4, -0.2) is 26.1 Å². The number of hydrogen-bond donors (Lipinski definition) is 1. The van der Waals surface area contributed by atoms with E-state index in [0.717, 1.165) is 24.0 Å². The first kappa shape index (κ1) is 16.9. The molecular weight excluding hydrogens is 348 g/mol. The van der Waals surface area contributed by atoms with Crippen molar-refractivity contribution in [1.29, 1.82) is 0 Å². The summed E-state index contributed by atoms with van der Waals surface area (Å²) in [6.45, 7) is 0. The van der Waals surface area contributed by atoms with Gasteiger partial charge in [-0.1, -0.05) is 0 Å². The molecule has 136 valence electrons. The average Bonchev–Trinajstić information content (AvgIpc) is 2.57. The lowest BCUT2D eigenvalue weighted by Crippen LogP contribution is -2.55. The summed E-state index contributed by atoms with van der Waals surface area (Å²) in [6.07, 6.45) is 6.08. The molecule has 0 aromatic heterocycles. The van der Waals surface area contributed by atoms with E-state index in [-0.39, 0.29) is 11.9 Å². The Morgan fingerprint density at radius 3 is 1.96 bits per heavy atom. The number of rotatable bonds is 4. The second-order valence-electron chi connectivity index (χ2n) is 7.76. The van der Waals surface area contributed by atoms with Crippen molar-refractivity contribution in [3.63, 3.8) is 0 Å². The Morgan fingerprint density at radius 1 is 0.960 bits per heavy atom. The van der Waals surface area contributed by atoms with Gasteiger partial charge in [0.15, 0.2) is 0 Å². The van der Waals surface area contributed by atoms with Gasteiger partial charge < -0.3 is 5.32 Å². The number of amides is 1. The maximum atomic E-state index is 12.6. The number of sulfone groups is 1. The topological polar surface area (TPSA) is 63.2 Å². The Kier molecular flexibility index (Phi) is 4.09. The lowest BCUT2D eigenvalue weighted by molar-refractivity contribution is -0.0119. The predicted molar refractivity (Wildman–Crippen MR) is 87.9 cm³/mol. The van der Waals surface area contributed by atoms with Crippen LogP contribution >= 0.6 is 0 Å². The molecule has 5 rings (SSSR count). The highest BCUT2D eigenvalue weighted by molar-refractivity contribution is 7.91. The van der Waals surface area contributed by atoms with Gasteiger partial charge >= 0.3 is 5.76 Å². The number of hydrogen-bond acceptors (Lipinski definition) is 3. The van der Waals surface area contributed by atoms with Gasteiger partial charge in [0.1, 0.15) is 0 Å². The first-order valence-corrected chi connectivity index (χ1v) is 10.3. The maximum absolute atomic E-state index is 12.6. The van der Waals surface area contributed by atoms with Gasteiger partial charge in [-0.05, 0) is 80.0 Å². The van der Waals surface area contributed by atoms with Gasteiger partial charge in [-0.3, -0.25) is 4.79 Å². The number of carbonyl (C=O) groups is 1. The number of benzene rings is 1. The van der Waals surface area contributed by atoms with Crippen LogP contribution in [-0.2, 0) is 9.84 Å². The summed E-state index contributed by atoms with van der Waals surface area (Å²) in [4.78, 5) is 12.1. The molecule has 4 bridgehead atoms. The van der Waals surface area contributed by atoms with Crippen LogP contribution < -0.4 is 5.32 Å². The molecule has 1 N–H and O–H groups in total. The molecule has 0 unspecified atom stereocenters. The molecule has 0 heterocycles. The van der Waals surface area contributed by atoms with Gasteiger partial charge in [-0.2, -0.15) is 8.78 Å². The third-order valence-electron chi connectivity index (χ3n) is 6.20. The average molecular weight is 369 g/mol. The largest absolute Gasteiger partial charge is 0.349 e. The van der Waals surface area contributed by atoms with Crippen LogP contribution in [0.25, 0.3) is 0 Å². The molecule has 4 aliphatic rings. The fraction of sp³-hybridized carbons (Fsp3) is 0.611. The third-order valence-corrected chi connectivity index (χ3v) is 7.60. The highest BCUT2D eigenvalue weighted by Crippen LogP contribution is 2.53. The summed E-state index contributed by atoms with van der Waals surface area (Å²) in [5.41, 5.74) is 0.307. The van der Waals surface area contributed by atoms with Gasteiger partial charge in [0, 0.05) is 11.6 Å². The van der Waals surface area contributed by atoms with Crippen molar-refractivity contribution in [3.05, 3.63) is 29.8 Å². The zero-order chi connectivity index (χ0) is 17.8. The molecule has 7 heteroatoms. The zero-order valence-corrected chi connectivity index (χ0v) is 14.5. The highest BCUT2D eigenvalue weighted by atomic mass is 32.2. The Balaban J connectivity index is 1.47. The third kappa shape index (κ3) is 2.96. The van der Waals surface area contributed by atoms with Crippen molar-refractivity contribution >= 4 is 15.7 Å². The second-order valence-corrected chi connectivity index (χ2v) is 9.68. The SMILES string of the molecule is O=C(NC1C2CC3CC(C2)CC1C3)c1ccc(S(=O)(=O)C(F)F)cc1. The monoisotopic (exact) mass is 369 g/mol. The van der Waals surface area contributed by atoms with E-state index >= 15 is 0 Å². The zero-order valence-electron chi connectivity index (χ0n) is 13.7. The number of alkyl halides is 2. The van der Waals surface area contributed by atoms with Crippen molar-refractivity contribution < 1.29 is 22.0 Å². The molecule has 4 fully saturated rings. The standard InChI is InChI=1S/C18H21F2NO3S/c19-18(20)25(23,24)15-3-1-12(2-4-15)17(22)21-16-13-6-10-5-11(8-13)9-14(16)7-10/h1-4,10-11,13-14,16,18H,5-9H2,(H,21,22). The smallest absolute Gasteiger partial charge is 0.341 e. The first-order valence-electron chi connectivity index (χ1n) is 8.77. The minimum atomic E-state index is -4.63. The molecule has 4 aliphatic carbocycles. The van der Waals surface area contributed by atoms with E-state index in [2.05, 4.69) is 5.32 Å². The van der Waals surface area contributed by atoms with Crippen LogP contribution in [0.2, 0.25) is 0 Å². The fourth-order valence-corrected chi connectivity index (χ4v) is 6.02. The van der Waals surface area contributed by atoms with E-state index in [1.165, 1.54) is 44.2 Å². The highest BCUT2D eigenvalue weighted by Gasteiger charge is 2.48. The van der Waals surface area contributed by atoms with E-state index in [9.17, 15) is 22.0 Å². The van der Waals surface area contributed by atoms with E-state index in [1.807, 2.05) is 0 Å². The van der Waals surface area contributed by atoms with E-state index < -0.39 is 20.5 Å². The quantitative estimate of drug-likeness (QED) is 0.886. The van der Waals surface area contributed by atoms with Gasteiger partial charge in [0.05, 0.1) is 4.90 Å². The van der Waals surface area contributed by atoms with E-state index in [1.54, 1.807) is 0 Å². The van der Waals surface area contributed by atoms with Crippen LogP contribution in [0.15, 0.2) is 29.2 Å². The van der Waals surface area contributed by atoms with Gasteiger partial charge in [-0.15, -0.1) is 0 Å². The molecule has 4 nitrogen and oxygen atoms in total. The lowest BCUT2D eigenvalue weighted by Gasteiger charge is -2.54. The molecule has 0 aliphatic heterocycles. The van der Waals surface area contributed by atoms with E-state index in [4.69, 9.17) is 0 Å². The molecule has 1 amide bonds. The molecule has 0 radical (unpaired) electrons. The Morgan fingerprint density at radius 2 is 1.48 bits per heavy atom. The molecule has 0 saturated heterocycles. The Bertz CT molecular complexity index is 748. The molecule has 25 heavy (non-hydrogen) atoms. The van der Waals surface area contributed by atoms with Crippen molar-refractivity contribution in [2.24, 2.45) is 23.7 Å². The van der Waals surface area contributed by atoms with Crippen molar-refractivity contribution in [3.8, 4) is 0 Å². The van der Waals surface area contributed by atoms with Crippen molar-refractivity contribution in [1.82, 2.24) is 5.32 Å². The Labute approximate surface area is 145 Å².